The number of halogens is 3. The van der Waals surface area contributed by atoms with Crippen LogP contribution in [0.5, 0.6) is 0 Å². The van der Waals surface area contributed by atoms with Crippen molar-refractivity contribution in [1.82, 2.24) is 4.90 Å². The van der Waals surface area contributed by atoms with Crippen LogP contribution in [0.2, 0.25) is 0 Å². The molecule has 19 heavy (non-hydrogen) atoms. The van der Waals surface area contributed by atoms with Crippen LogP contribution in [0.15, 0.2) is 18.2 Å². The maximum Gasteiger partial charge on any atom is 0.416 e. The van der Waals surface area contributed by atoms with Gasteiger partial charge in [-0.1, -0.05) is 6.07 Å². The van der Waals surface area contributed by atoms with E-state index in [1.807, 2.05) is 0 Å². The normalized spacial score (nSPS) is 18.8. The molecule has 0 spiro atoms. The smallest absolute Gasteiger partial charge is 0.328 e. The molecule has 1 heterocycles. The summed E-state index contributed by atoms with van der Waals surface area (Å²) in [5, 5.41) is 0. The molecule has 0 bridgehead atoms. The van der Waals surface area contributed by atoms with Gasteiger partial charge >= 0.3 is 6.18 Å². The number of benzene rings is 1. The van der Waals surface area contributed by atoms with Crippen LogP contribution in [0.3, 0.4) is 0 Å². The lowest BCUT2D eigenvalue weighted by atomic mass is 10.0. The Morgan fingerprint density at radius 1 is 1.26 bits per heavy atom. The molecule has 2 nitrogen and oxygen atoms in total. The number of piperidine rings is 1. The monoisotopic (exact) mass is 272 g/mol. The van der Waals surface area contributed by atoms with Crippen LogP contribution in [-0.2, 0) is 12.7 Å². The van der Waals surface area contributed by atoms with Crippen LogP contribution in [0.25, 0.3) is 0 Å². The van der Waals surface area contributed by atoms with E-state index in [1.54, 1.807) is 13.0 Å². The lowest BCUT2D eigenvalue weighted by Gasteiger charge is -2.30. The van der Waals surface area contributed by atoms with Crippen molar-refractivity contribution in [2.24, 2.45) is 5.73 Å². The van der Waals surface area contributed by atoms with E-state index in [2.05, 4.69) is 4.90 Å². The summed E-state index contributed by atoms with van der Waals surface area (Å²) in [6.45, 7) is 4.28. The van der Waals surface area contributed by atoms with Gasteiger partial charge in [-0.25, -0.2) is 0 Å². The van der Waals surface area contributed by atoms with Gasteiger partial charge in [-0.15, -0.1) is 0 Å². The van der Waals surface area contributed by atoms with Gasteiger partial charge in [0, 0.05) is 12.6 Å². The molecule has 2 N–H and O–H groups in total. The highest BCUT2D eigenvalue weighted by molar-refractivity contribution is 5.32. The molecule has 0 radical (unpaired) electrons. The van der Waals surface area contributed by atoms with E-state index in [0.717, 1.165) is 37.6 Å². The molecular weight excluding hydrogens is 253 g/mol. The molecule has 1 aliphatic heterocycles. The van der Waals surface area contributed by atoms with Gasteiger partial charge in [0.2, 0.25) is 0 Å². The van der Waals surface area contributed by atoms with Crippen molar-refractivity contribution in [3.05, 3.63) is 34.9 Å². The fourth-order valence-electron chi connectivity index (χ4n) is 2.40. The SMILES string of the molecule is Cc1cc(C(F)(F)F)ccc1CN1CCC(N)CC1. The highest BCUT2D eigenvalue weighted by Gasteiger charge is 2.30. The van der Waals surface area contributed by atoms with Gasteiger partial charge in [-0.05, 0) is 56.1 Å². The molecule has 0 amide bonds. The number of hydrogen-bond acceptors (Lipinski definition) is 2. The van der Waals surface area contributed by atoms with Crippen LogP contribution in [0.1, 0.15) is 29.5 Å². The Bertz CT molecular complexity index is 435. The summed E-state index contributed by atoms with van der Waals surface area (Å²) in [5.41, 5.74) is 6.92. The summed E-state index contributed by atoms with van der Waals surface area (Å²) in [5.74, 6) is 0. The third kappa shape index (κ3) is 3.70. The number of nitrogens with zero attached hydrogens (tertiary/aromatic N) is 1. The van der Waals surface area contributed by atoms with Gasteiger partial charge in [-0.2, -0.15) is 13.2 Å². The van der Waals surface area contributed by atoms with Gasteiger partial charge < -0.3 is 5.73 Å². The predicted octanol–water partition coefficient (Wildman–Crippen LogP) is 2.94. The van der Waals surface area contributed by atoms with Crippen LogP contribution >= 0.6 is 0 Å². The summed E-state index contributed by atoms with van der Waals surface area (Å²) in [6.07, 6.45) is -2.35. The summed E-state index contributed by atoms with van der Waals surface area (Å²) in [4.78, 5) is 2.25. The highest BCUT2D eigenvalue weighted by Crippen LogP contribution is 2.30. The van der Waals surface area contributed by atoms with Gasteiger partial charge in [0.15, 0.2) is 0 Å². The second-order valence-corrected chi connectivity index (χ2v) is 5.25. The maximum atomic E-state index is 12.6. The average Bonchev–Trinajstić information content (AvgIpc) is 2.33. The van der Waals surface area contributed by atoms with Gasteiger partial charge in [-0.3, -0.25) is 4.90 Å². The Hall–Kier alpha value is -1.07. The molecule has 1 fully saturated rings. The first-order chi connectivity index (χ1) is 8.86. The fraction of sp³-hybridized carbons (Fsp3) is 0.571. The van der Waals surface area contributed by atoms with E-state index in [4.69, 9.17) is 5.73 Å². The Labute approximate surface area is 111 Å². The molecule has 1 aliphatic rings. The molecule has 1 saturated heterocycles. The predicted molar refractivity (Wildman–Crippen MR) is 68.7 cm³/mol. The number of hydrogen-bond donors (Lipinski definition) is 1. The van der Waals surface area contributed by atoms with Crippen molar-refractivity contribution in [3.8, 4) is 0 Å². The minimum Gasteiger partial charge on any atom is -0.328 e. The van der Waals surface area contributed by atoms with Gasteiger partial charge in [0.05, 0.1) is 5.56 Å². The first kappa shape index (κ1) is 14.3. The van der Waals surface area contributed by atoms with E-state index >= 15 is 0 Å². The quantitative estimate of drug-likeness (QED) is 0.897. The molecule has 0 aliphatic carbocycles. The molecular formula is C14H19F3N2. The summed E-state index contributed by atoms with van der Waals surface area (Å²) in [6, 6.07) is 4.25. The van der Waals surface area contributed by atoms with Crippen LogP contribution in [0.4, 0.5) is 13.2 Å². The van der Waals surface area contributed by atoms with E-state index in [1.165, 1.54) is 6.07 Å². The molecule has 2 rings (SSSR count). The summed E-state index contributed by atoms with van der Waals surface area (Å²) in [7, 11) is 0. The minimum atomic E-state index is -4.26. The Morgan fingerprint density at radius 2 is 1.89 bits per heavy atom. The zero-order valence-electron chi connectivity index (χ0n) is 11.0. The van der Waals surface area contributed by atoms with Crippen molar-refractivity contribution < 1.29 is 13.2 Å². The van der Waals surface area contributed by atoms with Crippen molar-refractivity contribution in [2.75, 3.05) is 13.1 Å². The van der Waals surface area contributed by atoms with Crippen molar-refractivity contribution in [3.63, 3.8) is 0 Å². The van der Waals surface area contributed by atoms with Crippen molar-refractivity contribution in [1.29, 1.82) is 0 Å². The van der Waals surface area contributed by atoms with E-state index in [0.29, 0.717) is 12.1 Å². The van der Waals surface area contributed by atoms with E-state index in [-0.39, 0.29) is 6.04 Å². The highest BCUT2D eigenvalue weighted by atomic mass is 19.4. The second-order valence-electron chi connectivity index (χ2n) is 5.25. The molecule has 1 aromatic rings. The lowest BCUT2D eigenvalue weighted by molar-refractivity contribution is -0.137. The maximum absolute atomic E-state index is 12.6. The second kappa shape index (κ2) is 5.51. The Morgan fingerprint density at radius 3 is 2.42 bits per heavy atom. The Balaban J connectivity index is 2.05. The standard InChI is InChI=1S/C14H19F3N2/c1-10-8-12(14(15,16)17)3-2-11(10)9-19-6-4-13(18)5-7-19/h2-3,8,13H,4-7,9,18H2,1H3. The topological polar surface area (TPSA) is 29.3 Å². The molecule has 0 saturated carbocycles. The molecule has 0 aromatic heterocycles. The molecule has 0 unspecified atom stereocenters. The van der Waals surface area contributed by atoms with Crippen LogP contribution in [-0.4, -0.2) is 24.0 Å². The first-order valence-electron chi connectivity index (χ1n) is 6.51. The van der Waals surface area contributed by atoms with Crippen molar-refractivity contribution >= 4 is 0 Å². The van der Waals surface area contributed by atoms with Gasteiger partial charge in [0.1, 0.15) is 0 Å². The van der Waals surface area contributed by atoms with Crippen LogP contribution < -0.4 is 5.73 Å². The number of likely N-dealkylation sites (tertiary alicyclic amines) is 1. The number of aryl methyl sites for hydroxylation is 1. The third-order valence-corrected chi connectivity index (χ3v) is 3.70. The molecule has 0 atom stereocenters. The molecule has 106 valence electrons. The van der Waals surface area contributed by atoms with E-state index in [9.17, 15) is 13.2 Å². The zero-order valence-corrected chi connectivity index (χ0v) is 11.0. The largest absolute Gasteiger partial charge is 0.416 e. The zero-order chi connectivity index (χ0) is 14.0. The van der Waals surface area contributed by atoms with E-state index < -0.39 is 11.7 Å². The number of rotatable bonds is 2. The average molecular weight is 272 g/mol. The van der Waals surface area contributed by atoms with Gasteiger partial charge in [0.25, 0.3) is 0 Å². The summed E-state index contributed by atoms with van der Waals surface area (Å²) < 4.78 is 37.7. The first-order valence-corrected chi connectivity index (χ1v) is 6.51. The molecule has 1 aromatic carbocycles. The Kier molecular flexibility index (Phi) is 4.16. The fourth-order valence-corrected chi connectivity index (χ4v) is 2.40. The van der Waals surface area contributed by atoms with Crippen molar-refractivity contribution in [2.45, 2.75) is 38.5 Å². The number of nitrogens with two attached hydrogens (primary N) is 1. The lowest BCUT2D eigenvalue weighted by Crippen LogP contribution is -2.39. The van der Waals surface area contributed by atoms with Crippen LogP contribution in [0, 0.1) is 6.92 Å². The number of alkyl halides is 3. The minimum absolute atomic E-state index is 0.268. The third-order valence-electron chi connectivity index (χ3n) is 3.70. The molecule has 5 heteroatoms. The summed E-state index contributed by atoms with van der Waals surface area (Å²) >= 11 is 0.